The molecule has 138 valence electrons. The lowest BCUT2D eigenvalue weighted by Crippen LogP contribution is -2.41. The van der Waals surface area contributed by atoms with Gasteiger partial charge in [0, 0.05) is 13.1 Å². The van der Waals surface area contributed by atoms with Gasteiger partial charge in [-0.15, -0.1) is 0 Å². The summed E-state index contributed by atoms with van der Waals surface area (Å²) in [7, 11) is 2.06. The highest BCUT2D eigenvalue weighted by Gasteiger charge is 2.23. The van der Waals surface area contributed by atoms with Crippen molar-refractivity contribution in [3.63, 3.8) is 0 Å². The van der Waals surface area contributed by atoms with Gasteiger partial charge in [-0.2, -0.15) is 0 Å². The summed E-state index contributed by atoms with van der Waals surface area (Å²) in [6.07, 6.45) is 2.04. The molecular formula is C21H25FN2O2. The number of carbonyl (C=O) groups excluding carboxylic acids is 1. The lowest BCUT2D eigenvalue weighted by molar-refractivity contribution is -0.126. The second-order valence-corrected chi connectivity index (χ2v) is 6.88. The Bertz CT molecular complexity index is 716. The first-order chi connectivity index (χ1) is 12.6. The highest BCUT2D eigenvalue weighted by Crippen LogP contribution is 2.17. The summed E-state index contributed by atoms with van der Waals surface area (Å²) < 4.78 is 18.6. The fourth-order valence-corrected chi connectivity index (χ4v) is 3.16. The van der Waals surface area contributed by atoms with Crippen LogP contribution in [-0.4, -0.2) is 30.9 Å². The summed E-state index contributed by atoms with van der Waals surface area (Å²) >= 11 is 0. The van der Waals surface area contributed by atoms with Gasteiger partial charge in [0.25, 0.3) is 0 Å². The fraction of sp³-hybridized carbons (Fsp3) is 0.381. The third-order valence-electron chi connectivity index (χ3n) is 4.70. The van der Waals surface area contributed by atoms with Crippen LogP contribution in [0.1, 0.15) is 24.0 Å². The number of rotatable bonds is 6. The molecule has 0 spiro atoms. The van der Waals surface area contributed by atoms with E-state index in [0.29, 0.717) is 13.2 Å². The number of nitrogens with zero attached hydrogens (tertiary/aromatic N) is 1. The molecule has 1 N–H and O–H groups in total. The summed E-state index contributed by atoms with van der Waals surface area (Å²) in [4.78, 5) is 14.5. The number of carbonyl (C=O) groups is 1. The molecule has 1 aliphatic heterocycles. The van der Waals surface area contributed by atoms with Crippen molar-refractivity contribution >= 4 is 5.91 Å². The van der Waals surface area contributed by atoms with Crippen LogP contribution in [0.4, 0.5) is 4.39 Å². The maximum Gasteiger partial charge on any atom is 0.224 e. The van der Waals surface area contributed by atoms with Crippen molar-refractivity contribution in [2.45, 2.75) is 26.0 Å². The topological polar surface area (TPSA) is 41.6 Å². The predicted octanol–water partition coefficient (Wildman–Crippen LogP) is 3.36. The number of piperidine rings is 1. The van der Waals surface area contributed by atoms with Crippen LogP contribution < -0.4 is 10.1 Å². The van der Waals surface area contributed by atoms with E-state index >= 15 is 0 Å². The van der Waals surface area contributed by atoms with Crippen LogP contribution in [0, 0.1) is 11.7 Å². The molecule has 0 saturated carbocycles. The van der Waals surface area contributed by atoms with E-state index in [1.54, 1.807) is 12.1 Å². The number of ether oxygens (including phenoxy) is 1. The highest BCUT2D eigenvalue weighted by atomic mass is 19.1. The average molecular weight is 356 g/mol. The Kier molecular flexibility index (Phi) is 6.23. The molecule has 0 bridgehead atoms. The number of hydrogen-bond donors (Lipinski definition) is 1. The van der Waals surface area contributed by atoms with Gasteiger partial charge in [-0.05, 0) is 61.8 Å². The molecule has 2 aromatic rings. The van der Waals surface area contributed by atoms with Crippen molar-refractivity contribution in [3.05, 3.63) is 65.5 Å². The maximum absolute atomic E-state index is 12.9. The Morgan fingerprint density at radius 2 is 1.85 bits per heavy atom. The van der Waals surface area contributed by atoms with Gasteiger partial charge in [0.15, 0.2) is 0 Å². The van der Waals surface area contributed by atoms with E-state index in [1.807, 2.05) is 24.3 Å². The summed E-state index contributed by atoms with van der Waals surface area (Å²) in [6, 6.07) is 14.0. The summed E-state index contributed by atoms with van der Waals surface area (Å²) in [5, 5.41) is 3.03. The number of benzene rings is 2. The fourth-order valence-electron chi connectivity index (χ4n) is 3.16. The molecule has 0 radical (unpaired) electrons. The zero-order valence-corrected chi connectivity index (χ0v) is 15.1. The molecule has 5 heteroatoms. The van der Waals surface area contributed by atoms with Gasteiger partial charge >= 0.3 is 0 Å². The minimum Gasteiger partial charge on any atom is -0.489 e. The monoisotopic (exact) mass is 356 g/mol. The molecule has 26 heavy (non-hydrogen) atoms. The van der Waals surface area contributed by atoms with Crippen LogP contribution in [0.3, 0.4) is 0 Å². The van der Waals surface area contributed by atoms with Gasteiger partial charge in [0.1, 0.15) is 18.2 Å². The lowest BCUT2D eigenvalue weighted by Gasteiger charge is -2.28. The van der Waals surface area contributed by atoms with E-state index in [0.717, 1.165) is 42.8 Å². The van der Waals surface area contributed by atoms with Crippen molar-refractivity contribution in [2.24, 2.45) is 5.92 Å². The van der Waals surface area contributed by atoms with Gasteiger partial charge in [-0.25, -0.2) is 4.39 Å². The zero-order valence-electron chi connectivity index (χ0n) is 15.1. The number of amides is 1. The van der Waals surface area contributed by atoms with Crippen LogP contribution in [0.15, 0.2) is 48.5 Å². The van der Waals surface area contributed by atoms with E-state index in [-0.39, 0.29) is 17.6 Å². The number of likely N-dealkylation sites (tertiary alicyclic amines) is 1. The molecule has 4 nitrogen and oxygen atoms in total. The first-order valence-electron chi connectivity index (χ1n) is 9.02. The zero-order chi connectivity index (χ0) is 18.4. The quantitative estimate of drug-likeness (QED) is 0.863. The van der Waals surface area contributed by atoms with Crippen LogP contribution >= 0.6 is 0 Å². The molecule has 1 saturated heterocycles. The Hall–Kier alpha value is -2.40. The summed E-state index contributed by atoms with van der Waals surface area (Å²) in [5.74, 6) is 0.721. The van der Waals surface area contributed by atoms with E-state index in [4.69, 9.17) is 4.74 Å². The molecular weight excluding hydrogens is 331 g/mol. The third-order valence-corrected chi connectivity index (χ3v) is 4.70. The molecule has 0 aliphatic carbocycles. The Labute approximate surface area is 154 Å². The van der Waals surface area contributed by atoms with E-state index in [1.165, 1.54) is 12.1 Å². The van der Waals surface area contributed by atoms with Crippen molar-refractivity contribution in [1.29, 1.82) is 0 Å². The molecule has 1 aliphatic rings. The number of hydrogen-bond acceptors (Lipinski definition) is 3. The largest absolute Gasteiger partial charge is 0.489 e. The Balaban J connectivity index is 1.45. The van der Waals surface area contributed by atoms with E-state index in [2.05, 4.69) is 17.3 Å². The molecule has 1 heterocycles. The summed E-state index contributed by atoms with van der Waals surface area (Å²) in [5.41, 5.74) is 1.96. The van der Waals surface area contributed by atoms with Gasteiger partial charge in [-0.1, -0.05) is 24.3 Å². The minimum absolute atomic E-state index is 0.0899. The molecule has 0 aromatic heterocycles. The second kappa shape index (κ2) is 8.81. The average Bonchev–Trinajstić information content (AvgIpc) is 2.66. The van der Waals surface area contributed by atoms with Crippen molar-refractivity contribution in [3.8, 4) is 5.75 Å². The molecule has 1 amide bonds. The maximum atomic E-state index is 12.9. The van der Waals surface area contributed by atoms with Crippen LogP contribution in [0.2, 0.25) is 0 Å². The molecule has 3 rings (SSSR count). The predicted molar refractivity (Wildman–Crippen MR) is 99.2 cm³/mol. The Morgan fingerprint density at radius 1 is 1.15 bits per heavy atom. The van der Waals surface area contributed by atoms with Crippen LogP contribution in [0.5, 0.6) is 5.75 Å². The highest BCUT2D eigenvalue weighted by molar-refractivity contribution is 5.78. The van der Waals surface area contributed by atoms with Gasteiger partial charge in [0.2, 0.25) is 5.91 Å². The first-order valence-corrected chi connectivity index (χ1v) is 9.02. The van der Waals surface area contributed by atoms with Crippen molar-refractivity contribution in [2.75, 3.05) is 20.1 Å². The van der Waals surface area contributed by atoms with E-state index in [9.17, 15) is 9.18 Å². The third kappa shape index (κ3) is 5.30. The molecule has 1 atom stereocenters. The normalized spacial score (nSPS) is 17.7. The minimum atomic E-state index is -0.250. The van der Waals surface area contributed by atoms with Crippen molar-refractivity contribution in [1.82, 2.24) is 10.2 Å². The number of nitrogens with one attached hydrogen (secondary N) is 1. The number of halogens is 1. The Morgan fingerprint density at radius 3 is 2.54 bits per heavy atom. The molecule has 1 fully saturated rings. The smallest absolute Gasteiger partial charge is 0.224 e. The second-order valence-electron chi connectivity index (χ2n) is 6.88. The molecule has 0 unspecified atom stereocenters. The van der Waals surface area contributed by atoms with Gasteiger partial charge in [0.05, 0.1) is 5.92 Å². The van der Waals surface area contributed by atoms with Gasteiger partial charge < -0.3 is 15.0 Å². The van der Waals surface area contributed by atoms with E-state index < -0.39 is 0 Å². The lowest BCUT2D eigenvalue weighted by atomic mass is 9.97. The first kappa shape index (κ1) is 18.4. The summed E-state index contributed by atoms with van der Waals surface area (Å²) in [6.45, 7) is 2.83. The standard InChI is InChI=1S/C21H25FN2O2/c1-24-12-2-3-18(14-24)21(25)23-13-16-6-10-20(11-7-16)26-15-17-4-8-19(22)9-5-17/h4-11,18H,2-3,12-15H2,1H3,(H,23,25)/t18-/m0/s1. The van der Waals surface area contributed by atoms with Crippen molar-refractivity contribution < 1.29 is 13.9 Å². The molecule has 2 aromatic carbocycles. The van der Waals surface area contributed by atoms with Crippen LogP contribution in [0.25, 0.3) is 0 Å². The SMILES string of the molecule is CN1CCC[C@H](C(=O)NCc2ccc(OCc3ccc(F)cc3)cc2)C1. The van der Waals surface area contributed by atoms with Crippen LogP contribution in [-0.2, 0) is 17.9 Å². The van der Waals surface area contributed by atoms with Gasteiger partial charge in [-0.3, -0.25) is 4.79 Å².